The van der Waals surface area contributed by atoms with Crippen LogP contribution < -0.4 is 25.0 Å². The molecule has 6 aliphatic rings. The summed E-state index contributed by atoms with van der Waals surface area (Å²) in [5, 5.41) is 24.4. The van der Waals surface area contributed by atoms with Crippen molar-refractivity contribution in [2.45, 2.75) is 96.6 Å². The summed E-state index contributed by atoms with van der Waals surface area (Å²) in [7, 11) is 0. The highest BCUT2D eigenvalue weighted by Gasteiger charge is 2.64. The van der Waals surface area contributed by atoms with Crippen LogP contribution in [0.5, 0.6) is 11.5 Å². The lowest BCUT2D eigenvalue weighted by atomic mass is 9.49. The lowest BCUT2D eigenvalue weighted by Gasteiger charge is -2.63. The zero-order valence-corrected chi connectivity index (χ0v) is 39.3. The van der Waals surface area contributed by atoms with Gasteiger partial charge in [-0.3, -0.25) is 44.0 Å². The molecule has 5 amide bonds. The van der Waals surface area contributed by atoms with Crippen molar-refractivity contribution < 1.29 is 38.2 Å². The van der Waals surface area contributed by atoms with Crippen molar-refractivity contribution in [1.82, 2.24) is 25.3 Å². The summed E-state index contributed by atoms with van der Waals surface area (Å²) in [5.74, 6) is -0.687. The monoisotopic (exact) mass is 924 g/mol. The Morgan fingerprint density at radius 1 is 0.824 bits per heavy atom. The minimum atomic E-state index is -1.01. The molecule has 356 valence electrons. The van der Waals surface area contributed by atoms with Crippen LogP contribution in [0.3, 0.4) is 0 Å². The van der Waals surface area contributed by atoms with Crippen LogP contribution in [-0.2, 0) is 14.3 Å². The van der Waals surface area contributed by atoms with Gasteiger partial charge in [-0.2, -0.15) is 10.5 Å². The second-order valence-electron chi connectivity index (χ2n) is 20.4. The third kappa shape index (κ3) is 9.17. The van der Waals surface area contributed by atoms with E-state index in [0.29, 0.717) is 34.6 Å². The zero-order chi connectivity index (χ0) is 47.9. The van der Waals surface area contributed by atoms with Crippen molar-refractivity contribution >= 4 is 35.2 Å². The molecule has 16 heteroatoms. The Morgan fingerprint density at radius 3 is 2.16 bits per heavy atom. The van der Waals surface area contributed by atoms with Gasteiger partial charge in [-0.15, -0.1) is 0 Å². The summed E-state index contributed by atoms with van der Waals surface area (Å²) in [4.78, 5) is 73.0. The van der Waals surface area contributed by atoms with Gasteiger partial charge < -0.3 is 24.4 Å². The first kappa shape index (κ1) is 46.8. The third-order valence-electron chi connectivity index (χ3n) is 15.3. The molecule has 0 aromatic heterocycles. The van der Waals surface area contributed by atoms with Crippen molar-refractivity contribution in [3.05, 3.63) is 88.5 Å². The molecule has 2 saturated carbocycles. The predicted octanol–water partition coefficient (Wildman–Crippen LogP) is 4.90. The third-order valence-corrected chi connectivity index (χ3v) is 15.3. The van der Waals surface area contributed by atoms with Crippen LogP contribution in [-0.4, -0.2) is 134 Å². The van der Waals surface area contributed by atoms with Gasteiger partial charge in [0.15, 0.2) is 0 Å². The topological polar surface area (TPSA) is 198 Å². The molecule has 5 fully saturated rings. The SMILES string of the molecule is CC1(C)C(NC(=O)c2ccc(N3CCC(CN(CCN4CCOCC4)C4CC(Oc5ccc6c(c5)C(=O)N(C5CCC(=O)NC5=O)C6=O)C4)CC3)cc2)C(C)(C)C1Oc1ccc(C#N)c(C#N)c1. The maximum atomic E-state index is 13.7. The number of morpholine rings is 1. The van der Waals surface area contributed by atoms with Gasteiger partial charge in [-0.05, 0) is 85.8 Å². The summed E-state index contributed by atoms with van der Waals surface area (Å²) in [6.07, 6.45) is 3.70. The van der Waals surface area contributed by atoms with E-state index in [1.807, 2.05) is 30.3 Å². The summed E-state index contributed by atoms with van der Waals surface area (Å²) < 4.78 is 18.4. The summed E-state index contributed by atoms with van der Waals surface area (Å²) in [6, 6.07) is 21.0. The van der Waals surface area contributed by atoms with Crippen molar-refractivity contribution in [2.75, 3.05) is 63.9 Å². The molecule has 9 rings (SSSR count). The van der Waals surface area contributed by atoms with Gasteiger partial charge >= 0.3 is 0 Å². The summed E-state index contributed by atoms with van der Waals surface area (Å²) in [6.45, 7) is 16.4. The number of anilines is 1. The van der Waals surface area contributed by atoms with Crippen LogP contribution in [0.2, 0.25) is 0 Å². The van der Waals surface area contributed by atoms with E-state index in [9.17, 15) is 34.5 Å². The van der Waals surface area contributed by atoms with E-state index < -0.39 is 40.5 Å². The molecule has 1 atom stereocenters. The number of nitriles is 2. The fourth-order valence-electron chi connectivity index (χ4n) is 11.6. The van der Waals surface area contributed by atoms with Crippen molar-refractivity contribution in [2.24, 2.45) is 16.7 Å². The first-order valence-electron chi connectivity index (χ1n) is 24.0. The van der Waals surface area contributed by atoms with E-state index in [-0.39, 0.29) is 53.7 Å². The van der Waals surface area contributed by atoms with Crippen molar-refractivity contribution in [1.29, 1.82) is 10.5 Å². The highest BCUT2D eigenvalue weighted by atomic mass is 16.5. The van der Waals surface area contributed by atoms with Crippen molar-refractivity contribution in [3.8, 4) is 23.6 Å². The number of imide groups is 2. The van der Waals surface area contributed by atoms with Crippen LogP contribution in [0.25, 0.3) is 0 Å². The zero-order valence-electron chi connectivity index (χ0n) is 39.3. The molecule has 3 aromatic carbocycles. The normalized spacial score (nSPS) is 25.7. The predicted molar refractivity (Wildman–Crippen MR) is 250 cm³/mol. The Balaban J connectivity index is 0.767. The Kier molecular flexibility index (Phi) is 13.1. The molecule has 0 radical (unpaired) electrons. The van der Waals surface area contributed by atoms with E-state index >= 15 is 0 Å². The average Bonchev–Trinajstić information content (AvgIpc) is 3.57. The van der Waals surface area contributed by atoms with Gasteiger partial charge in [0.2, 0.25) is 11.8 Å². The molecule has 2 N–H and O–H groups in total. The van der Waals surface area contributed by atoms with E-state index in [2.05, 4.69) is 59.1 Å². The van der Waals surface area contributed by atoms with Crippen LogP contribution >= 0.6 is 0 Å². The number of nitrogens with one attached hydrogen (secondary N) is 2. The number of carbonyl (C=O) groups excluding carboxylic acids is 5. The van der Waals surface area contributed by atoms with Crippen LogP contribution in [0.4, 0.5) is 5.69 Å². The number of hydrogen-bond donors (Lipinski definition) is 2. The van der Waals surface area contributed by atoms with Gasteiger partial charge in [-0.25, -0.2) is 0 Å². The molecule has 0 bridgehead atoms. The van der Waals surface area contributed by atoms with Crippen LogP contribution in [0, 0.1) is 39.4 Å². The van der Waals surface area contributed by atoms with Crippen LogP contribution in [0.15, 0.2) is 60.7 Å². The smallest absolute Gasteiger partial charge is 0.262 e. The number of ether oxygens (including phenoxy) is 3. The molecule has 1 unspecified atom stereocenters. The minimum Gasteiger partial charge on any atom is -0.490 e. The number of nitrogens with zero attached hydrogens (tertiary/aromatic N) is 6. The number of carbonyl (C=O) groups is 5. The van der Waals surface area contributed by atoms with E-state index in [4.69, 9.17) is 14.2 Å². The van der Waals surface area contributed by atoms with Gasteiger partial charge in [0.1, 0.15) is 41.9 Å². The van der Waals surface area contributed by atoms with E-state index in [1.165, 1.54) is 0 Å². The Bertz CT molecular complexity index is 2530. The number of fused-ring (bicyclic) bond motifs is 1. The number of piperidine rings is 2. The first-order valence-corrected chi connectivity index (χ1v) is 24.0. The summed E-state index contributed by atoms with van der Waals surface area (Å²) in [5.41, 5.74) is 1.91. The first-order chi connectivity index (χ1) is 32.6. The lowest BCUT2D eigenvalue weighted by Crippen LogP contribution is -2.74. The highest BCUT2D eigenvalue weighted by molar-refractivity contribution is 6.23. The lowest BCUT2D eigenvalue weighted by molar-refractivity contribution is -0.164. The molecular formula is C52H60N8O8. The molecular weight excluding hydrogens is 865 g/mol. The Labute approximate surface area is 397 Å². The molecule has 68 heavy (non-hydrogen) atoms. The number of hydrogen-bond acceptors (Lipinski definition) is 13. The highest BCUT2D eigenvalue weighted by Crippen LogP contribution is 2.55. The van der Waals surface area contributed by atoms with Gasteiger partial charge in [0.25, 0.3) is 17.7 Å². The average molecular weight is 925 g/mol. The second kappa shape index (κ2) is 19.0. The number of rotatable bonds is 14. The molecule has 4 aliphatic heterocycles. The summed E-state index contributed by atoms with van der Waals surface area (Å²) >= 11 is 0. The molecule has 4 heterocycles. The second-order valence-corrected chi connectivity index (χ2v) is 20.4. The molecule has 0 spiro atoms. The Hall–Kier alpha value is -6.33. The molecule has 16 nitrogen and oxygen atoms in total. The van der Waals surface area contributed by atoms with E-state index in [1.54, 1.807) is 36.4 Å². The van der Waals surface area contributed by atoms with Gasteiger partial charge in [-0.1, -0.05) is 27.7 Å². The van der Waals surface area contributed by atoms with Crippen LogP contribution in [0.1, 0.15) is 108 Å². The minimum absolute atomic E-state index is 0.0356. The largest absolute Gasteiger partial charge is 0.490 e. The molecule has 3 aromatic rings. The van der Waals surface area contributed by atoms with Gasteiger partial charge in [0, 0.05) is 99.2 Å². The fraction of sp³-hybridized carbons (Fsp3) is 0.519. The maximum Gasteiger partial charge on any atom is 0.262 e. The van der Waals surface area contributed by atoms with Crippen molar-refractivity contribution in [3.63, 3.8) is 0 Å². The number of amides is 5. The maximum absolute atomic E-state index is 13.7. The fourth-order valence-corrected chi connectivity index (χ4v) is 11.6. The molecule has 2 aliphatic carbocycles. The standard InChI is InChI=1S/C52H60N8O8/c1-51(2)49(52(3,4)50(51)68-38-10-7-34(29-53)35(25-38)30-54)56-45(62)33-5-8-36(9-6-33)58-17-15-32(16-18-58)31-59(20-19-57-21-23-66-24-22-57)37-26-40(27-37)67-39-11-12-41-42(28-39)48(65)60(47(41)64)43-13-14-44(61)55-46(43)63/h5-12,25,28,32,37,40,43,49-50H,13-24,26-27,31H2,1-4H3,(H,56,62)(H,55,61,63). The Morgan fingerprint density at radius 2 is 1.49 bits per heavy atom. The number of benzene rings is 3. The van der Waals surface area contributed by atoms with E-state index in [0.717, 1.165) is 95.3 Å². The quantitative estimate of drug-likeness (QED) is 0.207. The van der Waals surface area contributed by atoms with Gasteiger partial charge in [0.05, 0.1) is 35.5 Å². The molecule has 3 saturated heterocycles.